The average Bonchev–Trinajstić information content (AvgIpc) is 0.990. The van der Waals surface area contributed by atoms with Crippen LogP contribution in [0.25, 0.3) is 0 Å². The van der Waals surface area contributed by atoms with Crippen molar-refractivity contribution >= 4 is 39.5 Å². The summed E-state index contributed by atoms with van der Waals surface area (Å²) in [6.07, 6.45) is 65.9. The maximum absolute atomic E-state index is 13.1. The quantitative estimate of drug-likeness (QED) is 0.0169. The molecular weight excluding hydrogens is 1320 g/mol. The Hall–Kier alpha value is -2.46. The second kappa shape index (κ2) is 73.1. The first-order chi connectivity index (χ1) is 48.9. The molecule has 3 N–H and O–H groups in total. The molecule has 0 amide bonds. The molecule has 0 aliphatic rings. The molecule has 0 spiro atoms. The molecule has 6 atom stereocenters. The van der Waals surface area contributed by atoms with E-state index in [1.165, 1.54) is 205 Å². The van der Waals surface area contributed by atoms with Gasteiger partial charge in [0, 0.05) is 25.7 Å². The molecule has 0 aromatic carbocycles. The van der Waals surface area contributed by atoms with Crippen LogP contribution in [0.4, 0.5) is 0 Å². The molecule has 0 aromatic heterocycles. The molecule has 0 saturated carbocycles. The predicted molar refractivity (Wildman–Crippen MR) is 414 cm³/mol. The number of hydrogen-bond donors (Lipinski definition) is 3. The van der Waals surface area contributed by atoms with Crippen molar-refractivity contribution in [1.29, 1.82) is 0 Å². The predicted octanol–water partition coefficient (Wildman–Crippen LogP) is 24.2. The van der Waals surface area contributed by atoms with E-state index >= 15 is 0 Å². The zero-order valence-corrected chi connectivity index (χ0v) is 67.5. The van der Waals surface area contributed by atoms with Gasteiger partial charge in [0.05, 0.1) is 26.4 Å². The van der Waals surface area contributed by atoms with Gasteiger partial charge in [0.1, 0.15) is 19.3 Å². The highest BCUT2D eigenvalue weighted by molar-refractivity contribution is 7.47. The van der Waals surface area contributed by atoms with Gasteiger partial charge in [-0.1, -0.05) is 355 Å². The number of carbonyl (C=O) groups is 4. The zero-order valence-electron chi connectivity index (χ0n) is 65.7. The third kappa shape index (κ3) is 74.2. The van der Waals surface area contributed by atoms with Gasteiger partial charge in [-0.05, 0) is 63.2 Å². The summed E-state index contributed by atoms with van der Waals surface area (Å²) in [5.74, 6) is -0.553. The molecule has 0 saturated heterocycles. The number of carbonyl (C=O) groups excluding carboxylic acids is 4. The zero-order chi connectivity index (χ0) is 74.2. The van der Waals surface area contributed by atoms with E-state index in [0.717, 1.165) is 121 Å². The lowest BCUT2D eigenvalue weighted by molar-refractivity contribution is -0.161. The lowest BCUT2D eigenvalue weighted by atomic mass is 9.99. The molecule has 0 radical (unpaired) electrons. The van der Waals surface area contributed by atoms with E-state index in [9.17, 15) is 43.2 Å². The Labute approximate surface area is 618 Å². The van der Waals surface area contributed by atoms with Crippen molar-refractivity contribution in [3.63, 3.8) is 0 Å². The van der Waals surface area contributed by atoms with Gasteiger partial charge < -0.3 is 33.8 Å². The molecule has 0 aromatic rings. The van der Waals surface area contributed by atoms with Gasteiger partial charge in [0.2, 0.25) is 0 Å². The monoisotopic (exact) mass is 1480 g/mol. The number of phosphoric acid groups is 2. The molecule has 19 heteroatoms. The number of allylic oxidation sites excluding steroid dienone is 4. The van der Waals surface area contributed by atoms with E-state index in [0.29, 0.717) is 25.7 Å². The van der Waals surface area contributed by atoms with Gasteiger partial charge in [-0.15, -0.1) is 0 Å². The molecule has 0 rings (SSSR count). The van der Waals surface area contributed by atoms with Crippen LogP contribution in [0.15, 0.2) is 24.3 Å². The van der Waals surface area contributed by atoms with Gasteiger partial charge in [-0.3, -0.25) is 37.3 Å². The smallest absolute Gasteiger partial charge is 0.462 e. The van der Waals surface area contributed by atoms with Crippen LogP contribution in [0.1, 0.15) is 408 Å². The SMILES string of the molecule is CCCCCC/C=C\C=C/CCCCCCCC(=O)OC[C@H](COP(=O)(O)OC[C@@H](O)COP(=O)(O)OC[C@@H](COC(=O)CCCCCCCCCCC(C)CC)OC(=O)CCCCCCCCCCCCCCCCC)OC(=O)CCCCCCCCCCCCCCCCCCC(C)C. The number of unbranched alkanes of at least 4 members (excludes halogenated alkanes) is 45. The average molecular weight is 1480 g/mol. The van der Waals surface area contributed by atoms with Gasteiger partial charge >= 0.3 is 39.5 Å². The Morgan fingerprint density at radius 2 is 0.584 bits per heavy atom. The Morgan fingerprint density at radius 1 is 0.327 bits per heavy atom. The summed E-state index contributed by atoms with van der Waals surface area (Å²) in [7, 11) is -9.93. The van der Waals surface area contributed by atoms with Gasteiger partial charge in [-0.2, -0.15) is 0 Å². The van der Waals surface area contributed by atoms with Crippen molar-refractivity contribution in [1.82, 2.24) is 0 Å². The fraction of sp³-hybridized carbons (Fsp3) is 0.902. The van der Waals surface area contributed by atoms with Crippen LogP contribution in [0.5, 0.6) is 0 Å². The van der Waals surface area contributed by atoms with Crippen LogP contribution in [0.2, 0.25) is 0 Å². The van der Waals surface area contributed by atoms with Gasteiger partial charge in [-0.25, -0.2) is 9.13 Å². The summed E-state index contributed by atoms with van der Waals surface area (Å²) in [5.41, 5.74) is 0. The number of aliphatic hydroxyl groups excluding tert-OH is 1. The fourth-order valence-corrected chi connectivity index (χ4v) is 13.7. The minimum atomic E-state index is -4.97. The van der Waals surface area contributed by atoms with Crippen LogP contribution in [-0.4, -0.2) is 96.7 Å². The minimum absolute atomic E-state index is 0.101. The molecule has 0 bridgehead atoms. The van der Waals surface area contributed by atoms with Crippen molar-refractivity contribution in [2.75, 3.05) is 39.6 Å². The summed E-state index contributed by atoms with van der Waals surface area (Å²) < 4.78 is 68.7. The summed E-state index contributed by atoms with van der Waals surface area (Å²) in [6, 6.07) is 0. The third-order valence-corrected chi connectivity index (χ3v) is 20.8. The number of ether oxygens (including phenoxy) is 4. The molecule has 3 unspecified atom stereocenters. The maximum Gasteiger partial charge on any atom is 0.472 e. The molecule has 0 heterocycles. The minimum Gasteiger partial charge on any atom is -0.462 e. The number of rotatable bonds is 79. The highest BCUT2D eigenvalue weighted by atomic mass is 31.2. The lowest BCUT2D eigenvalue weighted by Crippen LogP contribution is -2.30. The van der Waals surface area contributed by atoms with Crippen LogP contribution < -0.4 is 0 Å². The molecule has 0 aliphatic heterocycles. The van der Waals surface area contributed by atoms with E-state index in [1.807, 2.05) is 0 Å². The van der Waals surface area contributed by atoms with E-state index in [1.54, 1.807) is 0 Å². The first-order valence-corrected chi connectivity index (χ1v) is 44.8. The molecular formula is C82H156O17P2. The molecule has 0 aliphatic carbocycles. The van der Waals surface area contributed by atoms with Gasteiger partial charge in [0.25, 0.3) is 0 Å². The highest BCUT2D eigenvalue weighted by Gasteiger charge is 2.30. The third-order valence-electron chi connectivity index (χ3n) is 18.9. The maximum atomic E-state index is 13.1. The summed E-state index contributed by atoms with van der Waals surface area (Å²) >= 11 is 0. The number of phosphoric ester groups is 2. The van der Waals surface area contributed by atoms with Gasteiger partial charge in [0.15, 0.2) is 12.2 Å². The van der Waals surface area contributed by atoms with Crippen LogP contribution in [0, 0.1) is 11.8 Å². The molecule has 596 valence electrons. The fourth-order valence-electron chi connectivity index (χ4n) is 12.1. The number of hydrogen-bond acceptors (Lipinski definition) is 15. The van der Waals surface area contributed by atoms with E-state index < -0.39 is 97.5 Å². The van der Waals surface area contributed by atoms with Crippen molar-refractivity contribution in [3.8, 4) is 0 Å². The van der Waals surface area contributed by atoms with Crippen molar-refractivity contribution in [2.24, 2.45) is 11.8 Å². The Bertz CT molecular complexity index is 2040. The van der Waals surface area contributed by atoms with Crippen molar-refractivity contribution < 1.29 is 80.2 Å². The first kappa shape index (κ1) is 98.5. The molecule has 17 nitrogen and oxygen atoms in total. The standard InChI is InChI=1S/C82H156O17P2/c1-7-10-12-14-16-18-20-22-26-31-35-39-46-52-58-64-79(84)92-70-77(98-81(86)67-61-55-49-41-37-33-29-25-24-28-30-34-38-44-50-56-62-74(4)5)72-96-100(88,89)94-68-76(83)69-95-101(90,91)97-73-78(71-93-80(85)65-59-53-47-43-42-45-51-57-63-75(6)9-3)99-82(87)66-60-54-48-40-36-32-27-23-21-19-17-15-13-11-8-2/h18,20,22,26,74-78,83H,7-17,19,21,23-25,27-73H2,1-6H3,(H,88,89)(H,90,91)/b20-18-,26-22-/t75?,76-,77-,78-/m1/s1. The van der Waals surface area contributed by atoms with Crippen molar-refractivity contribution in [2.45, 2.75) is 426 Å². The topological polar surface area (TPSA) is 237 Å². The van der Waals surface area contributed by atoms with Crippen LogP contribution in [-0.2, 0) is 65.4 Å². The molecule has 0 fully saturated rings. The van der Waals surface area contributed by atoms with Crippen molar-refractivity contribution in [3.05, 3.63) is 24.3 Å². The van der Waals surface area contributed by atoms with E-state index in [2.05, 4.69) is 65.8 Å². The number of esters is 4. The summed E-state index contributed by atoms with van der Waals surface area (Å²) in [5, 5.41) is 10.6. The lowest BCUT2D eigenvalue weighted by Gasteiger charge is -2.21. The number of aliphatic hydroxyl groups is 1. The van der Waals surface area contributed by atoms with E-state index in [4.69, 9.17) is 37.0 Å². The second-order valence-corrected chi connectivity index (χ2v) is 32.5. The molecule has 101 heavy (non-hydrogen) atoms. The van der Waals surface area contributed by atoms with E-state index in [-0.39, 0.29) is 25.7 Å². The normalized spacial score (nSPS) is 14.3. The Balaban J connectivity index is 5.29. The second-order valence-electron chi connectivity index (χ2n) is 29.5. The largest absolute Gasteiger partial charge is 0.472 e. The first-order valence-electron chi connectivity index (χ1n) is 41.8. The van der Waals surface area contributed by atoms with Crippen LogP contribution >= 0.6 is 15.6 Å². The summed E-state index contributed by atoms with van der Waals surface area (Å²) in [6.45, 7) is 9.61. The summed E-state index contributed by atoms with van der Waals surface area (Å²) in [4.78, 5) is 73.1. The Kier molecular flexibility index (Phi) is 71.3. The highest BCUT2D eigenvalue weighted by Crippen LogP contribution is 2.45. The Morgan fingerprint density at radius 3 is 0.891 bits per heavy atom. The van der Waals surface area contributed by atoms with Crippen LogP contribution in [0.3, 0.4) is 0 Å².